The summed E-state index contributed by atoms with van der Waals surface area (Å²) in [5, 5.41) is 14.2. The lowest BCUT2D eigenvalue weighted by Gasteiger charge is -2.28. The molecular weight excluding hydrogens is 242 g/mol. The minimum atomic E-state index is 0.0141. The standard InChI is InChI=1S/C14H19N3O2/c15-13(17-19)7-3-4-8-16-14(18)12-9-10-5-1-2-6-11(10)12/h1-2,5-6,12,19H,3-4,7-9H2,(H2,15,17)(H,16,18). The summed E-state index contributed by atoms with van der Waals surface area (Å²) in [4.78, 5) is 11.9. The van der Waals surface area contributed by atoms with Crippen LogP contribution in [0.25, 0.3) is 0 Å². The first-order chi connectivity index (χ1) is 9.22. The Labute approximate surface area is 112 Å². The van der Waals surface area contributed by atoms with Crippen LogP contribution in [-0.2, 0) is 11.2 Å². The molecule has 0 heterocycles. The first-order valence-corrected chi connectivity index (χ1v) is 6.54. The normalized spacial score (nSPS) is 17.5. The molecule has 1 unspecified atom stereocenters. The number of amides is 1. The van der Waals surface area contributed by atoms with Gasteiger partial charge in [0.1, 0.15) is 5.84 Å². The van der Waals surface area contributed by atoms with E-state index in [-0.39, 0.29) is 17.7 Å². The number of carbonyl (C=O) groups is 1. The van der Waals surface area contributed by atoms with E-state index in [0.717, 1.165) is 24.8 Å². The number of rotatable bonds is 6. The van der Waals surface area contributed by atoms with Gasteiger partial charge in [0.15, 0.2) is 0 Å². The number of nitrogens with one attached hydrogen (secondary N) is 1. The van der Waals surface area contributed by atoms with Gasteiger partial charge in [0.05, 0.1) is 5.92 Å². The molecule has 5 nitrogen and oxygen atoms in total. The highest BCUT2D eigenvalue weighted by Gasteiger charge is 2.31. The van der Waals surface area contributed by atoms with Crippen LogP contribution >= 0.6 is 0 Å². The second-order valence-corrected chi connectivity index (χ2v) is 4.79. The van der Waals surface area contributed by atoms with Crippen molar-refractivity contribution < 1.29 is 10.0 Å². The highest BCUT2D eigenvalue weighted by atomic mass is 16.4. The zero-order valence-corrected chi connectivity index (χ0v) is 10.8. The van der Waals surface area contributed by atoms with E-state index in [1.165, 1.54) is 5.56 Å². The Morgan fingerprint density at radius 3 is 2.95 bits per heavy atom. The van der Waals surface area contributed by atoms with Gasteiger partial charge >= 0.3 is 0 Å². The second kappa shape index (κ2) is 6.22. The van der Waals surface area contributed by atoms with Crippen molar-refractivity contribution in [2.45, 2.75) is 31.6 Å². The third-order valence-electron chi connectivity index (χ3n) is 3.46. The summed E-state index contributed by atoms with van der Waals surface area (Å²) in [5.74, 6) is 0.349. The number of benzene rings is 1. The third kappa shape index (κ3) is 3.24. The molecule has 1 aliphatic rings. The SMILES string of the molecule is NC(CCCCNC(=O)C1Cc2ccccc21)=NO. The van der Waals surface area contributed by atoms with Gasteiger partial charge in [0, 0.05) is 13.0 Å². The number of hydrogen-bond acceptors (Lipinski definition) is 3. The first-order valence-electron chi connectivity index (χ1n) is 6.54. The maximum atomic E-state index is 11.9. The topological polar surface area (TPSA) is 87.7 Å². The Bertz CT molecular complexity index is 485. The van der Waals surface area contributed by atoms with Gasteiger partial charge in [-0.1, -0.05) is 29.4 Å². The molecule has 2 rings (SSSR count). The molecule has 5 heteroatoms. The van der Waals surface area contributed by atoms with Crippen LogP contribution in [0.5, 0.6) is 0 Å². The zero-order chi connectivity index (χ0) is 13.7. The van der Waals surface area contributed by atoms with Crippen molar-refractivity contribution in [3.63, 3.8) is 0 Å². The average Bonchev–Trinajstić information content (AvgIpc) is 2.39. The largest absolute Gasteiger partial charge is 0.409 e. The van der Waals surface area contributed by atoms with Crippen molar-refractivity contribution in [2.75, 3.05) is 6.54 Å². The molecule has 19 heavy (non-hydrogen) atoms. The highest BCUT2D eigenvalue weighted by molar-refractivity contribution is 5.86. The van der Waals surface area contributed by atoms with Crippen LogP contribution in [0.3, 0.4) is 0 Å². The molecule has 1 aromatic rings. The van der Waals surface area contributed by atoms with Gasteiger partial charge in [-0.2, -0.15) is 0 Å². The van der Waals surface area contributed by atoms with Gasteiger partial charge in [-0.15, -0.1) is 0 Å². The van der Waals surface area contributed by atoms with Gasteiger partial charge in [0.2, 0.25) is 5.91 Å². The predicted molar refractivity (Wildman–Crippen MR) is 73.2 cm³/mol. The molecule has 1 aromatic carbocycles. The molecule has 1 aliphatic carbocycles. The monoisotopic (exact) mass is 261 g/mol. The predicted octanol–water partition coefficient (Wildman–Crippen LogP) is 1.36. The molecule has 0 saturated carbocycles. The average molecular weight is 261 g/mol. The van der Waals surface area contributed by atoms with E-state index in [9.17, 15) is 4.79 Å². The molecule has 0 aliphatic heterocycles. The molecule has 0 radical (unpaired) electrons. The maximum Gasteiger partial charge on any atom is 0.227 e. The molecule has 0 saturated heterocycles. The Morgan fingerprint density at radius 2 is 2.21 bits per heavy atom. The summed E-state index contributed by atoms with van der Waals surface area (Å²) in [6.45, 7) is 0.635. The van der Waals surface area contributed by atoms with E-state index in [4.69, 9.17) is 10.9 Å². The Kier molecular flexibility index (Phi) is 4.39. The number of nitrogens with two attached hydrogens (primary N) is 1. The number of carbonyl (C=O) groups excluding carboxylic acids is 1. The van der Waals surface area contributed by atoms with E-state index in [2.05, 4.69) is 16.5 Å². The van der Waals surface area contributed by atoms with Gasteiger partial charge < -0.3 is 16.3 Å². The Balaban J connectivity index is 1.67. The smallest absolute Gasteiger partial charge is 0.227 e. The summed E-state index contributed by atoms with van der Waals surface area (Å²) in [5.41, 5.74) is 7.78. The number of hydrogen-bond donors (Lipinski definition) is 3. The zero-order valence-electron chi connectivity index (χ0n) is 10.8. The van der Waals surface area contributed by atoms with Crippen molar-refractivity contribution in [1.29, 1.82) is 0 Å². The quantitative estimate of drug-likeness (QED) is 0.237. The van der Waals surface area contributed by atoms with Crippen LogP contribution < -0.4 is 11.1 Å². The van der Waals surface area contributed by atoms with E-state index in [0.29, 0.717) is 13.0 Å². The van der Waals surface area contributed by atoms with E-state index >= 15 is 0 Å². The Hall–Kier alpha value is -2.04. The molecule has 0 bridgehead atoms. The number of amidine groups is 1. The fourth-order valence-electron chi connectivity index (χ4n) is 2.31. The minimum Gasteiger partial charge on any atom is -0.409 e. The van der Waals surface area contributed by atoms with Crippen LogP contribution in [0.1, 0.15) is 36.3 Å². The van der Waals surface area contributed by atoms with Crippen molar-refractivity contribution in [3.8, 4) is 0 Å². The third-order valence-corrected chi connectivity index (χ3v) is 3.46. The lowest BCUT2D eigenvalue weighted by Crippen LogP contribution is -2.35. The number of oxime groups is 1. The molecule has 0 aromatic heterocycles. The Morgan fingerprint density at radius 1 is 1.42 bits per heavy atom. The second-order valence-electron chi connectivity index (χ2n) is 4.79. The fraction of sp³-hybridized carbons (Fsp3) is 0.429. The summed E-state index contributed by atoms with van der Waals surface area (Å²) >= 11 is 0. The molecule has 1 amide bonds. The van der Waals surface area contributed by atoms with Crippen LogP contribution in [0.2, 0.25) is 0 Å². The lowest BCUT2D eigenvalue weighted by atomic mass is 9.77. The summed E-state index contributed by atoms with van der Waals surface area (Å²) in [6, 6.07) is 8.05. The summed E-state index contributed by atoms with van der Waals surface area (Å²) in [6.07, 6.45) is 3.03. The van der Waals surface area contributed by atoms with E-state index in [1.54, 1.807) is 0 Å². The van der Waals surface area contributed by atoms with Crippen LogP contribution in [-0.4, -0.2) is 23.5 Å². The number of nitrogens with zero attached hydrogens (tertiary/aromatic N) is 1. The summed E-state index contributed by atoms with van der Waals surface area (Å²) < 4.78 is 0. The minimum absolute atomic E-state index is 0.0141. The van der Waals surface area contributed by atoms with Gasteiger partial charge in [-0.05, 0) is 30.4 Å². The highest BCUT2D eigenvalue weighted by Crippen LogP contribution is 2.34. The molecule has 4 N–H and O–H groups in total. The van der Waals surface area contributed by atoms with Crippen molar-refractivity contribution in [3.05, 3.63) is 35.4 Å². The van der Waals surface area contributed by atoms with Crippen molar-refractivity contribution >= 4 is 11.7 Å². The van der Waals surface area contributed by atoms with Crippen LogP contribution in [0.4, 0.5) is 0 Å². The molecule has 0 spiro atoms. The summed E-state index contributed by atoms with van der Waals surface area (Å²) in [7, 11) is 0. The van der Waals surface area contributed by atoms with Gasteiger partial charge in [0.25, 0.3) is 0 Å². The van der Waals surface area contributed by atoms with Gasteiger partial charge in [-0.3, -0.25) is 4.79 Å². The lowest BCUT2D eigenvalue weighted by molar-refractivity contribution is -0.123. The van der Waals surface area contributed by atoms with Crippen LogP contribution in [0, 0.1) is 0 Å². The van der Waals surface area contributed by atoms with Crippen LogP contribution in [0.15, 0.2) is 29.4 Å². The number of fused-ring (bicyclic) bond motifs is 1. The van der Waals surface area contributed by atoms with Gasteiger partial charge in [-0.25, -0.2) is 0 Å². The van der Waals surface area contributed by atoms with Crippen molar-refractivity contribution in [1.82, 2.24) is 5.32 Å². The van der Waals surface area contributed by atoms with Crippen molar-refractivity contribution in [2.24, 2.45) is 10.9 Å². The molecule has 1 atom stereocenters. The first kappa shape index (κ1) is 13.4. The molecular formula is C14H19N3O2. The molecule has 0 fully saturated rings. The van der Waals surface area contributed by atoms with E-state index in [1.807, 2.05) is 18.2 Å². The molecule has 102 valence electrons. The van der Waals surface area contributed by atoms with E-state index < -0.39 is 0 Å². The fourth-order valence-corrected chi connectivity index (χ4v) is 2.31. The number of unbranched alkanes of at least 4 members (excludes halogenated alkanes) is 1. The maximum absolute atomic E-state index is 11.9.